The van der Waals surface area contributed by atoms with E-state index in [-0.39, 0.29) is 11.6 Å². The molecule has 5 heteroatoms. The Bertz CT molecular complexity index is 758. The van der Waals surface area contributed by atoms with Gasteiger partial charge in [0.2, 0.25) is 0 Å². The number of para-hydroxylation sites is 1. The number of fused-ring (bicyclic) bond motifs is 1. The van der Waals surface area contributed by atoms with E-state index < -0.39 is 6.03 Å². The molecule has 1 aromatic carbocycles. The number of amides is 3. The van der Waals surface area contributed by atoms with Crippen LogP contribution in [0.2, 0.25) is 0 Å². The van der Waals surface area contributed by atoms with Crippen molar-refractivity contribution in [3.8, 4) is 0 Å². The van der Waals surface area contributed by atoms with Crippen LogP contribution < -0.4 is 10.6 Å². The fraction of sp³-hybridized carbons (Fsp3) is 0.250. The molecule has 5 nitrogen and oxygen atoms in total. The predicted octanol–water partition coefficient (Wildman–Crippen LogP) is 2.79. The number of carbonyl (C=O) groups is 2. The number of rotatable bonds is 3. The topological polar surface area (TPSA) is 63.1 Å². The van der Waals surface area contributed by atoms with Crippen molar-refractivity contribution >= 4 is 28.9 Å². The van der Waals surface area contributed by atoms with Gasteiger partial charge in [0.05, 0.1) is 0 Å². The van der Waals surface area contributed by atoms with Gasteiger partial charge in [-0.25, -0.2) is 4.79 Å². The summed E-state index contributed by atoms with van der Waals surface area (Å²) in [6.07, 6.45) is 4.77. The number of nitrogens with one attached hydrogen (secondary N) is 2. The first-order valence-electron chi connectivity index (χ1n) is 7.03. The lowest BCUT2D eigenvalue weighted by atomic mass is 10.1. The molecule has 2 aromatic rings. The highest BCUT2D eigenvalue weighted by Crippen LogP contribution is 2.27. The first-order chi connectivity index (χ1) is 10.1. The van der Waals surface area contributed by atoms with Gasteiger partial charge in [-0.2, -0.15) is 0 Å². The lowest BCUT2D eigenvalue weighted by molar-refractivity contribution is -0.115. The monoisotopic (exact) mass is 283 g/mol. The second-order valence-electron chi connectivity index (χ2n) is 5.23. The third-order valence-corrected chi connectivity index (χ3v) is 3.86. The minimum absolute atomic E-state index is 0.284. The summed E-state index contributed by atoms with van der Waals surface area (Å²) in [5, 5.41) is 5.80. The van der Waals surface area contributed by atoms with E-state index in [9.17, 15) is 9.59 Å². The van der Waals surface area contributed by atoms with E-state index in [2.05, 4.69) is 35.1 Å². The molecule has 1 unspecified atom stereocenters. The number of benzene rings is 1. The van der Waals surface area contributed by atoms with Crippen molar-refractivity contribution in [2.24, 2.45) is 0 Å². The summed E-state index contributed by atoms with van der Waals surface area (Å²) in [7, 11) is 0. The second kappa shape index (κ2) is 5.09. The number of urea groups is 1. The van der Waals surface area contributed by atoms with Crippen LogP contribution in [0.5, 0.6) is 0 Å². The Labute approximate surface area is 122 Å². The molecule has 3 rings (SSSR count). The molecule has 108 valence electrons. The average Bonchev–Trinajstić information content (AvgIpc) is 2.99. The third kappa shape index (κ3) is 2.31. The summed E-state index contributed by atoms with van der Waals surface area (Å²) in [6.45, 7) is 4.30. The van der Waals surface area contributed by atoms with E-state index >= 15 is 0 Å². The fourth-order valence-electron chi connectivity index (χ4n) is 2.55. The van der Waals surface area contributed by atoms with Crippen molar-refractivity contribution in [3.63, 3.8) is 0 Å². The fourth-order valence-corrected chi connectivity index (χ4v) is 2.55. The van der Waals surface area contributed by atoms with E-state index in [1.54, 1.807) is 6.08 Å². The summed E-state index contributed by atoms with van der Waals surface area (Å²) in [4.78, 5) is 22.8. The average molecular weight is 283 g/mol. The van der Waals surface area contributed by atoms with Gasteiger partial charge in [-0.1, -0.05) is 25.1 Å². The molecular weight excluding hydrogens is 266 g/mol. The van der Waals surface area contributed by atoms with E-state index in [0.717, 1.165) is 22.9 Å². The number of hydrogen-bond acceptors (Lipinski definition) is 2. The highest BCUT2D eigenvalue weighted by molar-refractivity contribution is 6.14. The van der Waals surface area contributed by atoms with Gasteiger partial charge < -0.3 is 9.88 Å². The maximum atomic E-state index is 11.7. The molecule has 0 bridgehead atoms. The maximum absolute atomic E-state index is 11.7. The third-order valence-electron chi connectivity index (χ3n) is 3.86. The van der Waals surface area contributed by atoms with Gasteiger partial charge >= 0.3 is 6.03 Å². The molecule has 3 amide bonds. The highest BCUT2D eigenvalue weighted by Gasteiger charge is 2.23. The first-order valence-corrected chi connectivity index (χ1v) is 7.03. The first kappa shape index (κ1) is 13.4. The zero-order chi connectivity index (χ0) is 15.0. The smallest absolute Gasteiger partial charge is 0.326 e. The molecule has 2 N–H and O–H groups in total. The summed E-state index contributed by atoms with van der Waals surface area (Å²) in [5.74, 6) is -0.389. The van der Waals surface area contributed by atoms with Crippen molar-refractivity contribution in [1.29, 1.82) is 0 Å². The quantitative estimate of drug-likeness (QED) is 0.672. The Hall–Kier alpha value is -2.56. The van der Waals surface area contributed by atoms with Gasteiger partial charge in [-0.3, -0.25) is 10.1 Å². The second-order valence-corrected chi connectivity index (χ2v) is 5.23. The molecule has 1 atom stereocenters. The molecule has 0 spiro atoms. The van der Waals surface area contributed by atoms with Crippen molar-refractivity contribution in [1.82, 2.24) is 15.2 Å². The molecule has 1 aliphatic rings. The Morgan fingerprint density at radius 2 is 2.00 bits per heavy atom. The van der Waals surface area contributed by atoms with Crippen LogP contribution >= 0.6 is 0 Å². The lowest BCUT2D eigenvalue weighted by Crippen LogP contribution is -2.22. The van der Waals surface area contributed by atoms with E-state index in [0.29, 0.717) is 6.04 Å². The summed E-state index contributed by atoms with van der Waals surface area (Å²) in [6, 6.07) is 7.96. The van der Waals surface area contributed by atoms with Crippen LogP contribution in [-0.2, 0) is 4.79 Å². The van der Waals surface area contributed by atoms with Gasteiger partial charge in [0, 0.05) is 28.7 Å². The Kier molecular flexibility index (Phi) is 3.25. The Balaban J connectivity index is 2.13. The minimum Gasteiger partial charge on any atom is -0.344 e. The van der Waals surface area contributed by atoms with Crippen LogP contribution in [0.3, 0.4) is 0 Å². The number of imide groups is 1. The SMILES string of the molecule is CCC(C)n1cc(/C=C2\NC(=O)NC2=O)c2ccccc21. The molecule has 1 saturated heterocycles. The van der Waals surface area contributed by atoms with Crippen molar-refractivity contribution in [2.45, 2.75) is 26.3 Å². The van der Waals surface area contributed by atoms with Crippen molar-refractivity contribution in [3.05, 3.63) is 41.7 Å². The van der Waals surface area contributed by atoms with Gasteiger partial charge in [-0.05, 0) is 25.5 Å². The predicted molar refractivity (Wildman–Crippen MR) is 81.6 cm³/mol. The number of aromatic nitrogens is 1. The lowest BCUT2D eigenvalue weighted by Gasteiger charge is -2.12. The molecule has 0 saturated carbocycles. The van der Waals surface area contributed by atoms with Gasteiger partial charge in [-0.15, -0.1) is 0 Å². The minimum atomic E-state index is -0.475. The normalized spacial score (nSPS) is 18.1. The van der Waals surface area contributed by atoms with Gasteiger partial charge in [0.1, 0.15) is 5.70 Å². The van der Waals surface area contributed by atoms with Gasteiger partial charge in [0.15, 0.2) is 0 Å². The van der Waals surface area contributed by atoms with E-state index in [1.807, 2.05) is 24.4 Å². The highest BCUT2D eigenvalue weighted by atomic mass is 16.2. The van der Waals surface area contributed by atoms with Crippen LogP contribution in [0.4, 0.5) is 4.79 Å². The number of nitrogens with zero attached hydrogens (tertiary/aromatic N) is 1. The molecule has 2 heterocycles. The molecule has 21 heavy (non-hydrogen) atoms. The van der Waals surface area contributed by atoms with Crippen LogP contribution in [-0.4, -0.2) is 16.5 Å². The van der Waals surface area contributed by atoms with Crippen LogP contribution in [0.15, 0.2) is 36.2 Å². The Morgan fingerprint density at radius 1 is 1.24 bits per heavy atom. The largest absolute Gasteiger partial charge is 0.344 e. The standard InChI is InChI=1S/C16H17N3O2/c1-3-10(2)19-9-11(12-6-4-5-7-14(12)19)8-13-15(20)18-16(21)17-13/h4-10H,3H2,1-2H3,(H2,17,18,20,21)/b13-8-. The van der Waals surface area contributed by atoms with Crippen molar-refractivity contribution in [2.75, 3.05) is 0 Å². The van der Waals surface area contributed by atoms with Crippen LogP contribution in [0, 0.1) is 0 Å². The summed E-state index contributed by atoms with van der Waals surface area (Å²) in [5.41, 5.74) is 2.34. The van der Waals surface area contributed by atoms with Crippen LogP contribution in [0.25, 0.3) is 17.0 Å². The van der Waals surface area contributed by atoms with Gasteiger partial charge in [0.25, 0.3) is 5.91 Å². The molecule has 0 radical (unpaired) electrons. The number of hydrogen-bond donors (Lipinski definition) is 2. The molecule has 1 aromatic heterocycles. The zero-order valence-corrected chi connectivity index (χ0v) is 12.0. The van der Waals surface area contributed by atoms with E-state index in [1.165, 1.54) is 0 Å². The molecule has 1 aliphatic heterocycles. The molecule has 1 fully saturated rings. The zero-order valence-electron chi connectivity index (χ0n) is 12.0. The Morgan fingerprint density at radius 3 is 2.67 bits per heavy atom. The summed E-state index contributed by atoms with van der Waals surface area (Å²) < 4.78 is 2.20. The maximum Gasteiger partial charge on any atom is 0.326 e. The number of carbonyl (C=O) groups excluding carboxylic acids is 2. The molecular formula is C16H17N3O2. The van der Waals surface area contributed by atoms with Crippen molar-refractivity contribution < 1.29 is 9.59 Å². The van der Waals surface area contributed by atoms with E-state index in [4.69, 9.17) is 0 Å². The summed E-state index contributed by atoms with van der Waals surface area (Å²) >= 11 is 0. The molecule has 0 aliphatic carbocycles. The van der Waals surface area contributed by atoms with Crippen LogP contribution in [0.1, 0.15) is 31.9 Å².